The number of hydrogen-bond donors (Lipinski definition) is 0. The predicted octanol–water partition coefficient (Wildman–Crippen LogP) is 7.77. The van der Waals surface area contributed by atoms with Gasteiger partial charge >= 0.3 is 0 Å². The van der Waals surface area contributed by atoms with E-state index in [-0.39, 0.29) is 17.8 Å². The van der Waals surface area contributed by atoms with Crippen LogP contribution in [0.25, 0.3) is 11.1 Å². The quantitative estimate of drug-likeness (QED) is 0.310. The Morgan fingerprint density at radius 2 is 1.51 bits per heavy atom. The normalized spacial score (nSPS) is 18.1. The Morgan fingerprint density at radius 1 is 0.800 bits per heavy atom. The van der Waals surface area contributed by atoms with Crippen LogP contribution in [-0.2, 0) is 28.9 Å². The van der Waals surface area contributed by atoms with Gasteiger partial charge < -0.3 is 9.47 Å². The summed E-state index contributed by atoms with van der Waals surface area (Å²) < 4.78 is 55.0. The van der Waals surface area contributed by atoms with Gasteiger partial charge in [0.15, 0.2) is 11.6 Å². The second-order valence-electron chi connectivity index (χ2n) is 9.30. The largest absolute Gasteiger partial charge is 0.381 e. The number of aryl methyl sites for hydroxylation is 2. The lowest BCUT2D eigenvalue weighted by molar-refractivity contribution is 0.0655. The molecule has 0 aliphatic heterocycles. The van der Waals surface area contributed by atoms with Gasteiger partial charge in [-0.05, 0) is 85.3 Å². The topological polar surface area (TPSA) is 18.5 Å². The van der Waals surface area contributed by atoms with Crippen molar-refractivity contribution in [2.45, 2.75) is 64.1 Å². The van der Waals surface area contributed by atoms with Crippen LogP contribution in [0.3, 0.4) is 0 Å². The van der Waals surface area contributed by atoms with Crippen molar-refractivity contribution >= 4 is 0 Å². The third kappa shape index (κ3) is 6.14. The van der Waals surface area contributed by atoms with E-state index in [0.717, 1.165) is 42.4 Å². The zero-order chi connectivity index (χ0) is 24.8. The van der Waals surface area contributed by atoms with Crippen LogP contribution >= 0.6 is 0 Å². The smallest absolute Gasteiger partial charge is 0.162 e. The van der Waals surface area contributed by atoms with Gasteiger partial charge in [0, 0.05) is 19.3 Å². The molecular weight excluding hydrogens is 449 g/mol. The van der Waals surface area contributed by atoms with Gasteiger partial charge in [-0.15, -0.1) is 0 Å². The molecule has 0 amide bonds. The van der Waals surface area contributed by atoms with Crippen molar-refractivity contribution in [3.8, 4) is 11.1 Å². The molecule has 0 saturated heterocycles. The first kappa shape index (κ1) is 25.5. The number of methoxy groups -OCH3 is 1. The van der Waals surface area contributed by atoms with Gasteiger partial charge in [-0.3, -0.25) is 0 Å². The van der Waals surface area contributed by atoms with E-state index in [2.05, 4.69) is 0 Å². The van der Waals surface area contributed by atoms with Crippen molar-refractivity contribution in [3.63, 3.8) is 0 Å². The van der Waals surface area contributed by atoms with Gasteiger partial charge in [-0.1, -0.05) is 48.5 Å². The summed E-state index contributed by atoms with van der Waals surface area (Å²) in [4.78, 5) is 0. The first-order valence-corrected chi connectivity index (χ1v) is 12.4. The molecule has 1 aliphatic rings. The molecule has 186 valence electrons. The highest BCUT2D eigenvalue weighted by Crippen LogP contribution is 2.36. The van der Waals surface area contributed by atoms with Gasteiger partial charge in [0.05, 0.1) is 12.7 Å². The Labute approximate surface area is 206 Å². The molecule has 0 heterocycles. The molecule has 0 aromatic heterocycles. The minimum absolute atomic E-state index is 0.0473. The van der Waals surface area contributed by atoms with E-state index >= 15 is 0 Å². The monoisotopic (exact) mass is 482 g/mol. The maximum absolute atomic E-state index is 14.9. The summed E-state index contributed by atoms with van der Waals surface area (Å²) in [5.41, 5.74) is 3.96. The molecule has 0 radical (unpaired) electrons. The van der Waals surface area contributed by atoms with Gasteiger partial charge in [-0.25, -0.2) is 13.2 Å². The molecule has 0 N–H and O–H groups in total. The van der Waals surface area contributed by atoms with Crippen LogP contribution in [-0.4, -0.2) is 19.8 Å². The molecule has 1 fully saturated rings. The molecule has 0 unspecified atom stereocenters. The minimum atomic E-state index is -0.734. The zero-order valence-electron chi connectivity index (χ0n) is 20.5. The van der Waals surface area contributed by atoms with E-state index in [4.69, 9.17) is 9.47 Å². The average molecular weight is 483 g/mol. The van der Waals surface area contributed by atoms with Crippen molar-refractivity contribution < 1.29 is 22.6 Å². The summed E-state index contributed by atoms with van der Waals surface area (Å²) in [5, 5.41) is 0. The fourth-order valence-corrected chi connectivity index (χ4v) is 4.95. The highest BCUT2D eigenvalue weighted by Gasteiger charge is 2.26. The van der Waals surface area contributed by atoms with Crippen molar-refractivity contribution in [2.75, 3.05) is 13.7 Å². The van der Waals surface area contributed by atoms with Gasteiger partial charge in [0.2, 0.25) is 0 Å². The fraction of sp³-hybridized carbons (Fsp3) is 0.400. The van der Waals surface area contributed by atoms with Gasteiger partial charge in [0.25, 0.3) is 0 Å². The Kier molecular flexibility index (Phi) is 8.64. The molecule has 3 aromatic carbocycles. The molecule has 0 atom stereocenters. The average Bonchev–Trinajstić information content (AvgIpc) is 2.89. The summed E-state index contributed by atoms with van der Waals surface area (Å²) >= 11 is 0. The second kappa shape index (κ2) is 11.9. The molecule has 0 bridgehead atoms. The van der Waals surface area contributed by atoms with Gasteiger partial charge in [0.1, 0.15) is 5.82 Å². The number of benzene rings is 3. The molecule has 35 heavy (non-hydrogen) atoms. The van der Waals surface area contributed by atoms with Crippen LogP contribution in [0, 0.1) is 17.5 Å². The molecule has 0 spiro atoms. The third-order valence-electron chi connectivity index (χ3n) is 7.09. The highest BCUT2D eigenvalue weighted by molar-refractivity contribution is 5.64. The van der Waals surface area contributed by atoms with E-state index in [1.165, 1.54) is 6.07 Å². The third-order valence-corrected chi connectivity index (χ3v) is 7.09. The summed E-state index contributed by atoms with van der Waals surface area (Å²) in [6.07, 6.45) is 4.58. The number of halogens is 3. The lowest BCUT2D eigenvalue weighted by Crippen LogP contribution is -2.20. The predicted molar refractivity (Wildman–Crippen MR) is 133 cm³/mol. The van der Waals surface area contributed by atoms with Crippen molar-refractivity contribution in [1.29, 1.82) is 0 Å². The van der Waals surface area contributed by atoms with E-state index < -0.39 is 11.6 Å². The van der Waals surface area contributed by atoms with Crippen LogP contribution < -0.4 is 0 Å². The van der Waals surface area contributed by atoms with Crippen LogP contribution in [0.2, 0.25) is 0 Å². The van der Waals surface area contributed by atoms with Crippen LogP contribution in [0.1, 0.15) is 60.8 Å². The lowest BCUT2D eigenvalue weighted by Gasteiger charge is -2.28. The van der Waals surface area contributed by atoms with E-state index in [0.29, 0.717) is 42.7 Å². The maximum Gasteiger partial charge on any atom is 0.162 e. The lowest BCUT2D eigenvalue weighted by atomic mass is 9.82. The highest BCUT2D eigenvalue weighted by atomic mass is 19.2. The fourth-order valence-electron chi connectivity index (χ4n) is 4.95. The maximum atomic E-state index is 14.9. The zero-order valence-corrected chi connectivity index (χ0v) is 20.5. The standard InChI is InChI=1S/C30H33F3O2/c1-3-35-19-21-7-16-26(28(31)18-21)22-8-4-20(5-9-22)6-10-24-13-17-27(30(33)29(24)32)23-11-14-25(34-2)15-12-23/h4-5,7-9,13,16-18,23,25H,3,6,10-12,14-15,19H2,1-2H3. The molecule has 4 rings (SSSR count). The SMILES string of the molecule is CCOCc1ccc(-c2ccc(CCc3ccc(C4CCC(OC)CC4)c(F)c3F)cc2)c(F)c1. The van der Waals surface area contributed by atoms with Crippen molar-refractivity contribution in [3.05, 3.63) is 94.3 Å². The van der Waals surface area contributed by atoms with Gasteiger partial charge in [-0.2, -0.15) is 0 Å². The minimum Gasteiger partial charge on any atom is -0.381 e. The number of ether oxygens (including phenoxy) is 2. The molecule has 2 nitrogen and oxygen atoms in total. The molecule has 3 aromatic rings. The van der Waals surface area contributed by atoms with E-state index in [1.807, 2.05) is 37.3 Å². The number of rotatable bonds is 9. The van der Waals surface area contributed by atoms with Crippen LogP contribution in [0.15, 0.2) is 54.6 Å². The summed E-state index contributed by atoms with van der Waals surface area (Å²) in [6.45, 7) is 2.88. The van der Waals surface area contributed by atoms with E-state index in [1.54, 1.807) is 25.3 Å². The molecule has 1 saturated carbocycles. The molecule has 5 heteroatoms. The van der Waals surface area contributed by atoms with Crippen molar-refractivity contribution in [1.82, 2.24) is 0 Å². The summed E-state index contributed by atoms with van der Waals surface area (Å²) in [7, 11) is 1.70. The Balaban J connectivity index is 1.39. The number of hydrogen-bond acceptors (Lipinski definition) is 2. The Morgan fingerprint density at radius 3 is 2.17 bits per heavy atom. The van der Waals surface area contributed by atoms with Crippen LogP contribution in [0.4, 0.5) is 13.2 Å². The Bertz CT molecular complexity index is 1120. The molecular formula is C30H33F3O2. The second-order valence-corrected chi connectivity index (χ2v) is 9.30. The molecule has 1 aliphatic carbocycles. The first-order chi connectivity index (χ1) is 17.0. The summed E-state index contributed by atoms with van der Waals surface area (Å²) in [6, 6.07) is 16.2. The van der Waals surface area contributed by atoms with Crippen LogP contribution in [0.5, 0.6) is 0 Å². The first-order valence-electron chi connectivity index (χ1n) is 12.4. The summed E-state index contributed by atoms with van der Waals surface area (Å²) in [5.74, 6) is -1.68. The van der Waals surface area contributed by atoms with E-state index in [9.17, 15) is 13.2 Å². The Hall–Kier alpha value is -2.63. The van der Waals surface area contributed by atoms with Crippen molar-refractivity contribution in [2.24, 2.45) is 0 Å².